The molecule has 3 heteroatoms. The van der Waals surface area contributed by atoms with Crippen molar-refractivity contribution in [2.45, 2.75) is 37.0 Å². The second kappa shape index (κ2) is 5.27. The summed E-state index contributed by atoms with van der Waals surface area (Å²) in [5.41, 5.74) is 0. The maximum atomic E-state index is 12.0. The van der Waals surface area contributed by atoms with Crippen molar-refractivity contribution < 1.29 is 8.78 Å². The van der Waals surface area contributed by atoms with Gasteiger partial charge in [-0.25, -0.2) is 8.78 Å². The van der Waals surface area contributed by atoms with E-state index in [2.05, 4.69) is 22.6 Å². The van der Waals surface area contributed by atoms with Gasteiger partial charge in [0.05, 0.1) is 0 Å². The van der Waals surface area contributed by atoms with Crippen molar-refractivity contribution in [3.05, 3.63) is 0 Å². The van der Waals surface area contributed by atoms with E-state index in [4.69, 9.17) is 0 Å². The fraction of sp³-hybridized carbons (Fsp3) is 1.00. The zero-order valence-corrected chi connectivity index (χ0v) is 8.44. The van der Waals surface area contributed by atoms with Crippen LogP contribution in [0.15, 0.2) is 0 Å². The molecule has 0 aromatic rings. The highest BCUT2D eigenvalue weighted by Crippen LogP contribution is 2.23. The van der Waals surface area contributed by atoms with Gasteiger partial charge in [0.2, 0.25) is 6.43 Å². The molecule has 0 aromatic carbocycles. The lowest BCUT2D eigenvalue weighted by molar-refractivity contribution is 0.0861. The molecule has 0 aliphatic rings. The van der Waals surface area contributed by atoms with Gasteiger partial charge < -0.3 is 0 Å². The molecule has 0 nitrogen and oxygen atoms in total. The minimum absolute atomic E-state index is 0.127. The van der Waals surface area contributed by atoms with Crippen molar-refractivity contribution in [3.63, 3.8) is 0 Å². The van der Waals surface area contributed by atoms with Crippen molar-refractivity contribution in [3.8, 4) is 0 Å². The van der Waals surface area contributed by atoms with Gasteiger partial charge in [0.15, 0.2) is 0 Å². The van der Waals surface area contributed by atoms with Crippen LogP contribution in [0.5, 0.6) is 0 Å². The molecule has 0 radical (unpaired) electrons. The lowest BCUT2D eigenvalue weighted by Gasteiger charge is -2.15. The molecule has 0 N–H and O–H groups in total. The van der Waals surface area contributed by atoms with Crippen LogP contribution in [0, 0.1) is 5.92 Å². The molecule has 10 heavy (non-hydrogen) atoms. The van der Waals surface area contributed by atoms with Crippen molar-refractivity contribution in [1.29, 1.82) is 0 Å². The van der Waals surface area contributed by atoms with E-state index in [0.29, 0.717) is 0 Å². The van der Waals surface area contributed by atoms with E-state index in [9.17, 15) is 8.78 Å². The minimum Gasteiger partial charge on any atom is -0.210 e. The smallest absolute Gasteiger partial charge is 0.210 e. The maximum absolute atomic E-state index is 12.0. The molecule has 0 saturated carbocycles. The third kappa shape index (κ3) is 3.68. The fourth-order valence-electron chi connectivity index (χ4n) is 0.697. The third-order valence-electron chi connectivity index (χ3n) is 1.53. The molecule has 0 rings (SSSR count). The van der Waals surface area contributed by atoms with Gasteiger partial charge in [0.1, 0.15) is 0 Å². The van der Waals surface area contributed by atoms with Crippen LogP contribution >= 0.6 is 22.6 Å². The van der Waals surface area contributed by atoms with E-state index in [1.54, 1.807) is 6.92 Å². The van der Waals surface area contributed by atoms with Gasteiger partial charge in [-0.15, -0.1) is 0 Å². The molecule has 0 saturated heterocycles. The number of hydrogen-bond donors (Lipinski definition) is 0. The van der Waals surface area contributed by atoms with E-state index in [1.165, 1.54) is 0 Å². The second-order valence-electron chi connectivity index (χ2n) is 2.50. The quantitative estimate of drug-likeness (QED) is 0.537. The van der Waals surface area contributed by atoms with Gasteiger partial charge in [-0.2, -0.15) is 0 Å². The first-order valence-electron chi connectivity index (χ1n) is 3.51. The normalized spacial score (nSPS) is 17.4. The molecule has 0 aliphatic carbocycles. The topological polar surface area (TPSA) is 0 Å². The predicted molar refractivity (Wildman–Crippen MR) is 47.9 cm³/mol. The van der Waals surface area contributed by atoms with Crippen LogP contribution in [0.2, 0.25) is 0 Å². The van der Waals surface area contributed by atoms with Crippen molar-refractivity contribution in [1.82, 2.24) is 0 Å². The Bertz CT molecular complexity index is 85.7. The zero-order valence-electron chi connectivity index (χ0n) is 6.28. The Balaban J connectivity index is 3.58. The largest absolute Gasteiger partial charge is 0.242 e. The van der Waals surface area contributed by atoms with Crippen LogP contribution in [0.3, 0.4) is 0 Å². The maximum Gasteiger partial charge on any atom is 0.242 e. The minimum atomic E-state index is -2.16. The number of rotatable bonds is 4. The highest BCUT2D eigenvalue weighted by molar-refractivity contribution is 14.1. The summed E-state index contributed by atoms with van der Waals surface area (Å²) in [4.78, 5) is 0. The van der Waals surface area contributed by atoms with E-state index in [1.807, 2.05) is 6.92 Å². The second-order valence-corrected chi connectivity index (χ2v) is 4.10. The Hall–Kier alpha value is 0.590. The van der Waals surface area contributed by atoms with Crippen LogP contribution < -0.4 is 0 Å². The lowest BCUT2D eigenvalue weighted by Crippen LogP contribution is -2.18. The van der Waals surface area contributed by atoms with E-state index in [0.717, 1.165) is 12.8 Å². The van der Waals surface area contributed by atoms with Crippen LogP contribution in [0.25, 0.3) is 0 Å². The Morgan fingerprint density at radius 1 is 1.40 bits per heavy atom. The van der Waals surface area contributed by atoms with Crippen molar-refractivity contribution >= 4 is 22.6 Å². The molecule has 62 valence electrons. The van der Waals surface area contributed by atoms with Gasteiger partial charge in [0.25, 0.3) is 0 Å². The summed E-state index contributed by atoms with van der Waals surface area (Å²) in [6.07, 6.45) is -0.273. The highest BCUT2D eigenvalue weighted by atomic mass is 127. The van der Waals surface area contributed by atoms with Crippen LogP contribution in [-0.4, -0.2) is 10.4 Å². The summed E-state index contributed by atoms with van der Waals surface area (Å²) in [5.74, 6) is -0.458. The molecular formula is C7H13F2I. The van der Waals surface area contributed by atoms with Gasteiger partial charge in [-0.1, -0.05) is 42.9 Å². The first kappa shape index (κ1) is 10.6. The van der Waals surface area contributed by atoms with Crippen LogP contribution in [0.1, 0.15) is 26.7 Å². The molecular weight excluding hydrogens is 249 g/mol. The summed E-state index contributed by atoms with van der Waals surface area (Å²) in [7, 11) is 0. The number of alkyl halides is 3. The Morgan fingerprint density at radius 2 is 1.90 bits per heavy atom. The van der Waals surface area contributed by atoms with E-state index < -0.39 is 12.3 Å². The van der Waals surface area contributed by atoms with Gasteiger partial charge in [0, 0.05) is 9.84 Å². The zero-order chi connectivity index (χ0) is 8.15. The number of hydrogen-bond acceptors (Lipinski definition) is 0. The standard InChI is InChI=1S/C7H13F2I/c1-3-4-6(10)5(2)7(8)9/h5-7H,3-4H2,1-2H3. The Labute approximate surface area is 74.5 Å². The SMILES string of the molecule is CCCC(I)C(C)C(F)F. The van der Waals surface area contributed by atoms with E-state index >= 15 is 0 Å². The molecule has 0 aromatic heterocycles. The average molecular weight is 262 g/mol. The monoisotopic (exact) mass is 262 g/mol. The van der Waals surface area contributed by atoms with Gasteiger partial charge in [-0.3, -0.25) is 0 Å². The van der Waals surface area contributed by atoms with E-state index in [-0.39, 0.29) is 3.92 Å². The average Bonchev–Trinajstić information content (AvgIpc) is 1.87. The Morgan fingerprint density at radius 3 is 2.20 bits per heavy atom. The summed E-state index contributed by atoms with van der Waals surface area (Å²) in [6, 6.07) is 0. The van der Waals surface area contributed by atoms with Gasteiger partial charge >= 0.3 is 0 Å². The molecule has 2 atom stereocenters. The lowest BCUT2D eigenvalue weighted by atomic mass is 10.1. The van der Waals surface area contributed by atoms with Crippen molar-refractivity contribution in [2.75, 3.05) is 0 Å². The fourth-order valence-corrected chi connectivity index (χ4v) is 1.63. The molecule has 0 aliphatic heterocycles. The van der Waals surface area contributed by atoms with Gasteiger partial charge in [-0.05, 0) is 6.42 Å². The first-order chi connectivity index (χ1) is 4.59. The van der Waals surface area contributed by atoms with Crippen LogP contribution in [-0.2, 0) is 0 Å². The predicted octanol–water partition coefficient (Wildman–Crippen LogP) is 3.49. The van der Waals surface area contributed by atoms with Crippen molar-refractivity contribution in [2.24, 2.45) is 5.92 Å². The summed E-state index contributed by atoms with van der Waals surface area (Å²) < 4.78 is 24.1. The number of halogens is 3. The molecule has 0 bridgehead atoms. The highest BCUT2D eigenvalue weighted by Gasteiger charge is 2.21. The Kier molecular flexibility index (Phi) is 5.58. The summed E-state index contributed by atoms with van der Waals surface area (Å²) in [6.45, 7) is 3.63. The third-order valence-corrected chi connectivity index (χ3v) is 3.29. The summed E-state index contributed by atoms with van der Waals surface area (Å²) in [5, 5.41) is 0. The molecule has 0 fully saturated rings. The molecule has 0 heterocycles. The van der Waals surface area contributed by atoms with Crippen LogP contribution in [0.4, 0.5) is 8.78 Å². The first-order valence-corrected chi connectivity index (χ1v) is 4.76. The summed E-state index contributed by atoms with van der Waals surface area (Å²) >= 11 is 2.10. The molecule has 0 amide bonds. The molecule has 0 spiro atoms. The molecule has 2 unspecified atom stereocenters.